The van der Waals surface area contributed by atoms with Crippen LogP contribution in [0, 0.1) is 0 Å². The number of carbonyl (C=O) groups excluding carboxylic acids is 1. The van der Waals surface area contributed by atoms with Gasteiger partial charge in [-0.3, -0.25) is 9.69 Å². The molecule has 0 radical (unpaired) electrons. The van der Waals surface area contributed by atoms with Crippen LogP contribution in [0.3, 0.4) is 0 Å². The molecule has 0 bridgehead atoms. The predicted octanol–water partition coefficient (Wildman–Crippen LogP) is -0.327. The Morgan fingerprint density at radius 1 is 1.40 bits per heavy atom. The number of esters is 1. The lowest BCUT2D eigenvalue weighted by Gasteiger charge is -2.32. The van der Waals surface area contributed by atoms with Crippen LogP contribution in [0.1, 0.15) is 19.8 Å². The molecule has 2 N–H and O–H groups in total. The van der Waals surface area contributed by atoms with Gasteiger partial charge in [0.2, 0.25) is 0 Å². The van der Waals surface area contributed by atoms with Crippen molar-refractivity contribution < 1.29 is 14.3 Å². The molecule has 0 aliphatic carbocycles. The van der Waals surface area contributed by atoms with Crippen LogP contribution in [0.4, 0.5) is 0 Å². The Labute approximate surface area is 121 Å². The number of rotatable bonds is 5. The number of carbonyl (C=O) groups is 1. The highest BCUT2D eigenvalue weighted by atomic mass is 16.5. The van der Waals surface area contributed by atoms with Crippen LogP contribution in [0.5, 0.6) is 0 Å². The number of methoxy groups -OCH3 is 1. The SMILES string of the molecule is COC(=O)C(C)(N)CCN1CCC(N2CCOCC2)C1. The van der Waals surface area contributed by atoms with E-state index < -0.39 is 5.54 Å². The van der Waals surface area contributed by atoms with Gasteiger partial charge in [-0.15, -0.1) is 0 Å². The molecule has 2 rings (SSSR count). The van der Waals surface area contributed by atoms with Gasteiger partial charge in [0.05, 0.1) is 20.3 Å². The van der Waals surface area contributed by atoms with Crippen LogP contribution in [0.25, 0.3) is 0 Å². The minimum Gasteiger partial charge on any atom is -0.468 e. The van der Waals surface area contributed by atoms with Crippen molar-refractivity contribution >= 4 is 5.97 Å². The molecule has 2 atom stereocenters. The number of nitrogens with two attached hydrogens (primary N) is 1. The summed E-state index contributed by atoms with van der Waals surface area (Å²) in [5, 5.41) is 0. The topological polar surface area (TPSA) is 68.0 Å². The van der Waals surface area contributed by atoms with Crippen molar-refractivity contribution in [2.24, 2.45) is 5.73 Å². The first kappa shape index (κ1) is 15.7. The Balaban J connectivity index is 1.74. The van der Waals surface area contributed by atoms with Gasteiger partial charge in [-0.05, 0) is 26.3 Å². The summed E-state index contributed by atoms with van der Waals surface area (Å²) in [6.45, 7) is 8.51. The van der Waals surface area contributed by atoms with Gasteiger partial charge in [0.25, 0.3) is 0 Å². The quantitative estimate of drug-likeness (QED) is 0.698. The molecule has 0 aromatic heterocycles. The van der Waals surface area contributed by atoms with E-state index in [1.54, 1.807) is 6.92 Å². The molecule has 2 heterocycles. The first-order valence-electron chi connectivity index (χ1n) is 7.44. The van der Waals surface area contributed by atoms with Gasteiger partial charge in [-0.25, -0.2) is 0 Å². The molecule has 0 amide bonds. The Bertz CT molecular complexity index is 330. The number of likely N-dealkylation sites (tertiary alicyclic amines) is 1. The Morgan fingerprint density at radius 3 is 2.75 bits per heavy atom. The van der Waals surface area contributed by atoms with Gasteiger partial charge in [0.1, 0.15) is 5.54 Å². The van der Waals surface area contributed by atoms with E-state index in [2.05, 4.69) is 9.80 Å². The minimum atomic E-state index is -0.883. The lowest BCUT2D eigenvalue weighted by molar-refractivity contribution is -0.146. The van der Waals surface area contributed by atoms with Gasteiger partial charge in [-0.2, -0.15) is 0 Å². The zero-order chi connectivity index (χ0) is 14.6. The van der Waals surface area contributed by atoms with Crippen LogP contribution in [0.15, 0.2) is 0 Å². The molecule has 20 heavy (non-hydrogen) atoms. The van der Waals surface area contributed by atoms with E-state index in [-0.39, 0.29) is 5.97 Å². The highest BCUT2D eigenvalue weighted by Crippen LogP contribution is 2.18. The summed E-state index contributed by atoms with van der Waals surface area (Å²) in [6, 6.07) is 0.626. The Hall–Kier alpha value is -0.690. The number of morpholine rings is 1. The number of ether oxygens (including phenoxy) is 2. The number of nitrogens with zero attached hydrogens (tertiary/aromatic N) is 2. The maximum Gasteiger partial charge on any atom is 0.325 e. The van der Waals surface area contributed by atoms with E-state index in [1.807, 2.05) is 0 Å². The van der Waals surface area contributed by atoms with E-state index in [4.69, 9.17) is 15.2 Å². The van der Waals surface area contributed by atoms with E-state index in [1.165, 1.54) is 13.5 Å². The zero-order valence-corrected chi connectivity index (χ0v) is 12.6. The van der Waals surface area contributed by atoms with Gasteiger partial charge < -0.3 is 20.1 Å². The van der Waals surface area contributed by atoms with E-state index in [0.29, 0.717) is 12.5 Å². The summed E-state index contributed by atoms with van der Waals surface area (Å²) in [5.41, 5.74) is 5.12. The fourth-order valence-corrected chi connectivity index (χ4v) is 2.98. The largest absolute Gasteiger partial charge is 0.468 e. The predicted molar refractivity (Wildman–Crippen MR) is 76.5 cm³/mol. The van der Waals surface area contributed by atoms with Crippen molar-refractivity contribution in [3.05, 3.63) is 0 Å². The van der Waals surface area contributed by atoms with Crippen LogP contribution in [-0.4, -0.2) is 80.4 Å². The third kappa shape index (κ3) is 3.91. The lowest BCUT2D eigenvalue weighted by Crippen LogP contribution is -2.48. The molecule has 116 valence electrons. The van der Waals surface area contributed by atoms with Crippen molar-refractivity contribution in [2.45, 2.75) is 31.3 Å². The van der Waals surface area contributed by atoms with Crippen LogP contribution in [-0.2, 0) is 14.3 Å². The maximum atomic E-state index is 11.6. The van der Waals surface area contributed by atoms with E-state index in [9.17, 15) is 4.79 Å². The van der Waals surface area contributed by atoms with Gasteiger partial charge in [-0.1, -0.05) is 0 Å². The Kier molecular flexibility index (Phi) is 5.37. The second-order valence-corrected chi connectivity index (χ2v) is 6.05. The Morgan fingerprint density at radius 2 is 2.10 bits per heavy atom. The summed E-state index contributed by atoms with van der Waals surface area (Å²) in [4.78, 5) is 16.5. The summed E-state index contributed by atoms with van der Waals surface area (Å²) >= 11 is 0. The molecule has 6 heteroatoms. The highest BCUT2D eigenvalue weighted by molar-refractivity contribution is 5.79. The van der Waals surface area contributed by atoms with Crippen molar-refractivity contribution in [3.63, 3.8) is 0 Å². The van der Waals surface area contributed by atoms with Gasteiger partial charge in [0, 0.05) is 32.2 Å². The van der Waals surface area contributed by atoms with Crippen LogP contribution >= 0.6 is 0 Å². The average Bonchev–Trinajstić information content (AvgIpc) is 2.94. The first-order chi connectivity index (χ1) is 9.53. The summed E-state index contributed by atoms with van der Waals surface area (Å²) < 4.78 is 10.1. The molecular weight excluding hydrogens is 258 g/mol. The highest BCUT2D eigenvalue weighted by Gasteiger charge is 2.33. The molecule has 2 fully saturated rings. The third-order valence-corrected chi connectivity index (χ3v) is 4.41. The lowest BCUT2D eigenvalue weighted by atomic mass is 9.99. The van der Waals surface area contributed by atoms with Crippen LogP contribution < -0.4 is 5.73 Å². The van der Waals surface area contributed by atoms with Gasteiger partial charge in [0.15, 0.2) is 0 Å². The summed E-state index contributed by atoms with van der Waals surface area (Å²) in [7, 11) is 1.39. The zero-order valence-electron chi connectivity index (χ0n) is 12.6. The summed E-state index contributed by atoms with van der Waals surface area (Å²) in [6.07, 6.45) is 1.83. The van der Waals surface area contributed by atoms with Crippen molar-refractivity contribution in [3.8, 4) is 0 Å². The van der Waals surface area contributed by atoms with Crippen molar-refractivity contribution in [2.75, 3.05) is 53.0 Å². The molecule has 0 saturated carbocycles. The fourth-order valence-electron chi connectivity index (χ4n) is 2.98. The second-order valence-electron chi connectivity index (χ2n) is 6.05. The van der Waals surface area contributed by atoms with Gasteiger partial charge >= 0.3 is 5.97 Å². The maximum absolute atomic E-state index is 11.6. The first-order valence-corrected chi connectivity index (χ1v) is 7.44. The third-order valence-electron chi connectivity index (χ3n) is 4.41. The van der Waals surface area contributed by atoms with E-state index >= 15 is 0 Å². The number of hydrogen-bond acceptors (Lipinski definition) is 6. The van der Waals surface area contributed by atoms with Crippen molar-refractivity contribution in [1.82, 2.24) is 9.80 Å². The van der Waals surface area contributed by atoms with Crippen LogP contribution in [0.2, 0.25) is 0 Å². The molecule has 2 saturated heterocycles. The van der Waals surface area contributed by atoms with Crippen molar-refractivity contribution in [1.29, 1.82) is 0 Å². The monoisotopic (exact) mass is 285 g/mol. The molecule has 0 aromatic carbocycles. The number of hydrogen-bond donors (Lipinski definition) is 1. The minimum absolute atomic E-state index is 0.332. The normalized spacial score (nSPS) is 28.2. The summed E-state index contributed by atoms with van der Waals surface area (Å²) in [5.74, 6) is -0.332. The van der Waals surface area contributed by atoms with E-state index in [0.717, 1.165) is 45.9 Å². The molecule has 2 unspecified atom stereocenters. The molecule has 0 aromatic rings. The second kappa shape index (κ2) is 6.85. The standard InChI is InChI=1S/C14H27N3O3/c1-14(15,13(18)19-2)4-6-16-5-3-12(11-16)17-7-9-20-10-8-17/h12H,3-11,15H2,1-2H3. The molecule has 6 nitrogen and oxygen atoms in total. The molecule has 2 aliphatic heterocycles. The molecular formula is C14H27N3O3. The molecule has 0 spiro atoms. The fraction of sp³-hybridized carbons (Fsp3) is 0.929. The molecule has 2 aliphatic rings. The average molecular weight is 285 g/mol. The smallest absolute Gasteiger partial charge is 0.325 e.